The average Bonchev–Trinajstić information content (AvgIpc) is 2.28. The molecule has 1 heterocycles. The van der Waals surface area contributed by atoms with Gasteiger partial charge in [0.15, 0.2) is 6.61 Å². The maximum absolute atomic E-state index is 12.0. The predicted octanol–water partition coefficient (Wildman–Crippen LogP) is 3.90. The zero-order valence-corrected chi connectivity index (χ0v) is 11.1. The van der Waals surface area contributed by atoms with E-state index >= 15 is 0 Å². The molecule has 0 saturated heterocycles. The molecule has 1 unspecified atom stereocenters. The van der Waals surface area contributed by atoms with Crippen molar-refractivity contribution in [2.45, 2.75) is 18.6 Å². The second kappa shape index (κ2) is 5.75. The van der Waals surface area contributed by atoms with Crippen LogP contribution in [0.4, 0.5) is 13.2 Å². The predicted molar refractivity (Wildman–Crippen MR) is 64.5 cm³/mol. The normalized spacial score (nSPS) is 18.9. The SMILES string of the molecule is FC(F)(F)CONC1CCOc2c(Cl)cc(Cl)cc21. The van der Waals surface area contributed by atoms with Crippen molar-refractivity contribution >= 4 is 23.2 Å². The van der Waals surface area contributed by atoms with Crippen LogP contribution in [0.15, 0.2) is 12.1 Å². The number of fused-ring (bicyclic) bond motifs is 1. The van der Waals surface area contributed by atoms with Crippen molar-refractivity contribution in [3.8, 4) is 5.75 Å². The Balaban J connectivity index is 2.09. The van der Waals surface area contributed by atoms with E-state index in [2.05, 4.69) is 10.3 Å². The summed E-state index contributed by atoms with van der Waals surface area (Å²) in [7, 11) is 0. The molecule has 0 radical (unpaired) electrons. The van der Waals surface area contributed by atoms with Gasteiger partial charge in [-0.15, -0.1) is 0 Å². The number of nitrogens with one attached hydrogen (secondary N) is 1. The van der Waals surface area contributed by atoms with Gasteiger partial charge in [-0.1, -0.05) is 23.2 Å². The molecule has 0 aromatic heterocycles. The Labute approximate surface area is 117 Å². The van der Waals surface area contributed by atoms with Gasteiger partial charge in [0, 0.05) is 17.0 Å². The third kappa shape index (κ3) is 3.89. The number of rotatable bonds is 3. The van der Waals surface area contributed by atoms with Crippen LogP contribution < -0.4 is 10.2 Å². The fraction of sp³-hybridized carbons (Fsp3) is 0.455. The molecule has 1 aliphatic heterocycles. The highest BCUT2D eigenvalue weighted by atomic mass is 35.5. The smallest absolute Gasteiger partial charge is 0.413 e. The standard InChI is InChI=1S/C11H10Cl2F3NO2/c12-6-3-7-9(17-19-5-11(14,15)16)1-2-18-10(7)8(13)4-6/h3-4,9,17H,1-2,5H2. The van der Waals surface area contributed by atoms with Crippen molar-refractivity contribution in [3.05, 3.63) is 27.7 Å². The summed E-state index contributed by atoms with van der Waals surface area (Å²) in [5.74, 6) is 0.422. The van der Waals surface area contributed by atoms with Crippen LogP contribution in [0, 0.1) is 0 Å². The lowest BCUT2D eigenvalue weighted by atomic mass is 10.0. The minimum Gasteiger partial charge on any atom is -0.492 e. The molecule has 0 bridgehead atoms. The number of benzene rings is 1. The molecule has 0 aliphatic carbocycles. The highest BCUT2D eigenvalue weighted by molar-refractivity contribution is 6.35. The Kier molecular flexibility index (Phi) is 4.45. The van der Waals surface area contributed by atoms with E-state index in [1.54, 1.807) is 6.07 Å². The maximum Gasteiger partial charge on any atom is 0.413 e. The van der Waals surface area contributed by atoms with E-state index in [1.165, 1.54) is 6.07 Å². The largest absolute Gasteiger partial charge is 0.492 e. The molecule has 1 aromatic carbocycles. The highest BCUT2D eigenvalue weighted by Gasteiger charge is 2.30. The summed E-state index contributed by atoms with van der Waals surface area (Å²) in [6.07, 6.45) is -3.92. The third-order valence-electron chi connectivity index (χ3n) is 2.53. The molecule has 8 heteroatoms. The van der Waals surface area contributed by atoms with E-state index in [0.29, 0.717) is 34.4 Å². The van der Waals surface area contributed by atoms with Crippen molar-refractivity contribution < 1.29 is 22.7 Å². The molecule has 0 amide bonds. The minimum atomic E-state index is -4.38. The minimum absolute atomic E-state index is 0.324. The molecular formula is C11H10Cl2F3NO2. The Hall–Kier alpha value is -0.690. The van der Waals surface area contributed by atoms with Crippen LogP contribution in [-0.4, -0.2) is 19.4 Å². The van der Waals surface area contributed by atoms with Crippen LogP contribution in [0.3, 0.4) is 0 Å². The summed E-state index contributed by atoms with van der Waals surface area (Å²) in [6.45, 7) is -1.03. The first-order valence-corrected chi connectivity index (χ1v) is 6.18. The molecule has 0 fully saturated rings. The van der Waals surface area contributed by atoms with Crippen molar-refractivity contribution in [2.75, 3.05) is 13.2 Å². The summed E-state index contributed by atoms with van der Waals surface area (Å²) in [5.41, 5.74) is 2.96. The van der Waals surface area contributed by atoms with E-state index in [0.717, 1.165) is 0 Å². The van der Waals surface area contributed by atoms with Crippen molar-refractivity contribution in [1.82, 2.24) is 5.48 Å². The first-order chi connectivity index (χ1) is 8.87. The fourth-order valence-electron chi connectivity index (χ4n) is 1.77. The topological polar surface area (TPSA) is 30.5 Å². The highest BCUT2D eigenvalue weighted by Crippen LogP contribution is 2.39. The summed E-state index contributed by atoms with van der Waals surface area (Å²) in [4.78, 5) is 4.46. The van der Waals surface area contributed by atoms with E-state index < -0.39 is 18.8 Å². The molecule has 3 nitrogen and oxygen atoms in total. The van der Waals surface area contributed by atoms with Crippen LogP contribution in [0.1, 0.15) is 18.0 Å². The fourth-order valence-corrected chi connectivity index (χ4v) is 2.34. The molecule has 19 heavy (non-hydrogen) atoms. The molecule has 2 rings (SSSR count). The zero-order chi connectivity index (χ0) is 14.0. The lowest BCUT2D eigenvalue weighted by Crippen LogP contribution is -2.31. The number of hydroxylamine groups is 1. The van der Waals surface area contributed by atoms with Gasteiger partial charge in [-0.05, 0) is 12.1 Å². The molecule has 106 valence electrons. The van der Waals surface area contributed by atoms with Crippen LogP contribution in [0.5, 0.6) is 5.75 Å². The van der Waals surface area contributed by atoms with Crippen LogP contribution in [-0.2, 0) is 4.84 Å². The first-order valence-electron chi connectivity index (χ1n) is 5.42. The van der Waals surface area contributed by atoms with Gasteiger partial charge in [0.2, 0.25) is 0 Å². The van der Waals surface area contributed by atoms with Gasteiger partial charge in [0.05, 0.1) is 17.7 Å². The van der Waals surface area contributed by atoms with E-state index in [-0.39, 0.29) is 0 Å². The number of hydrogen-bond acceptors (Lipinski definition) is 3. The summed E-state index contributed by atoms with van der Waals surface area (Å²) < 4.78 is 41.4. The van der Waals surface area contributed by atoms with Gasteiger partial charge in [-0.2, -0.15) is 18.7 Å². The first kappa shape index (κ1) is 14.7. The molecule has 1 N–H and O–H groups in total. The second-order valence-electron chi connectivity index (χ2n) is 4.02. The third-order valence-corrected chi connectivity index (χ3v) is 3.03. The van der Waals surface area contributed by atoms with Gasteiger partial charge in [-0.3, -0.25) is 4.84 Å². The Bertz CT molecular complexity index is 468. The number of hydrogen-bond donors (Lipinski definition) is 1. The Morgan fingerprint density at radius 2 is 2.11 bits per heavy atom. The van der Waals surface area contributed by atoms with Crippen LogP contribution in [0.25, 0.3) is 0 Å². The second-order valence-corrected chi connectivity index (χ2v) is 4.86. The maximum atomic E-state index is 12.0. The lowest BCUT2D eigenvalue weighted by molar-refractivity contribution is -0.194. The lowest BCUT2D eigenvalue weighted by Gasteiger charge is -2.27. The van der Waals surface area contributed by atoms with Crippen molar-refractivity contribution in [2.24, 2.45) is 0 Å². The van der Waals surface area contributed by atoms with E-state index in [4.69, 9.17) is 27.9 Å². The van der Waals surface area contributed by atoms with Crippen LogP contribution >= 0.6 is 23.2 Å². The molecule has 1 aliphatic rings. The number of alkyl halides is 3. The van der Waals surface area contributed by atoms with E-state index in [9.17, 15) is 13.2 Å². The summed E-state index contributed by atoms with van der Waals surface area (Å²) in [6, 6.07) is 2.67. The van der Waals surface area contributed by atoms with Gasteiger partial charge >= 0.3 is 6.18 Å². The monoisotopic (exact) mass is 315 g/mol. The molecule has 1 aromatic rings. The number of halogens is 5. The summed E-state index contributed by atoms with van der Waals surface area (Å²) in [5, 5.41) is 0.710. The Morgan fingerprint density at radius 1 is 1.37 bits per heavy atom. The van der Waals surface area contributed by atoms with Crippen molar-refractivity contribution in [3.63, 3.8) is 0 Å². The average molecular weight is 316 g/mol. The van der Waals surface area contributed by atoms with Gasteiger partial charge in [0.25, 0.3) is 0 Å². The van der Waals surface area contributed by atoms with Gasteiger partial charge < -0.3 is 4.74 Å². The molecule has 1 atom stereocenters. The quantitative estimate of drug-likeness (QED) is 0.858. The zero-order valence-electron chi connectivity index (χ0n) is 9.56. The Morgan fingerprint density at radius 3 is 2.79 bits per heavy atom. The van der Waals surface area contributed by atoms with Gasteiger partial charge in [0.1, 0.15) is 5.75 Å². The van der Waals surface area contributed by atoms with E-state index in [1.807, 2.05) is 0 Å². The van der Waals surface area contributed by atoms with Gasteiger partial charge in [-0.25, -0.2) is 0 Å². The molecular weight excluding hydrogens is 306 g/mol. The van der Waals surface area contributed by atoms with Crippen LogP contribution in [0.2, 0.25) is 10.0 Å². The molecule has 0 spiro atoms. The number of ether oxygens (including phenoxy) is 1. The summed E-state index contributed by atoms with van der Waals surface area (Å²) >= 11 is 11.8. The molecule has 0 saturated carbocycles. The van der Waals surface area contributed by atoms with Crippen molar-refractivity contribution in [1.29, 1.82) is 0 Å².